The van der Waals surface area contributed by atoms with Crippen LogP contribution in [0.25, 0.3) is 0 Å². The molecule has 1 N–H and O–H groups in total. The van der Waals surface area contributed by atoms with Crippen LogP contribution in [-0.2, 0) is 0 Å². The second kappa shape index (κ2) is 6.50. The number of benzene rings is 1. The Morgan fingerprint density at radius 2 is 1.71 bits per heavy atom. The van der Waals surface area contributed by atoms with Gasteiger partial charge in [-0.1, -0.05) is 20.8 Å². The maximum atomic E-state index is 5.77. The maximum Gasteiger partial charge on any atom is 0.119 e. The molecule has 1 aromatic rings. The summed E-state index contributed by atoms with van der Waals surface area (Å²) in [6.07, 6.45) is 0. The summed E-state index contributed by atoms with van der Waals surface area (Å²) in [5.74, 6) is 1.74. The fourth-order valence-corrected chi connectivity index (χ4v) is 1.47. The van der Waals surface area contributed by atoms with Crippen molar-refractivity contribution in [2.24, 2.45) is 5.41 Å². The Hall–Kier alpha value is -1.22. The lowest BCUT2D eigenvalue weighted by atomic mass is 9.95. The second-order valence-electron chi connectivity index (χ2n) is 4.91. The van der Waals surface area contributed by atoms with E-state index in [1.54, 1.807) is 7.11 Å². The number of nitrogens with one attached hydrogen (secondary N) is 1. The highest BCUT2D eigenvalue weighted by Crippen LogP contribution is 2.20. The zero-order chi connectivity index (χ0) is 12.7. The number of hydrogen-bond acceptors (Lipinski definition) is 3. The van der Waals surface area contributed by atoms with Gasteiger partial charge in [0.2, 0.25) is 0 Å². The first kappa shape index (κ1) is 13.8. The summed E-state index contributed by atoms with van der Waals surface area (Å²) < 4.78 is 10.9. The number of methoxy groups -OCH3 is 1. The largest absolute Gasteiger partial charge is 0.497 e. The Labute approximate surface area is 104 Å². The molecule has 0 atom stereocenters. The molecule has 0 saturated heterocycles. The molecule has 0 radical (unpaired) electrons. The molecule has 0 aliphatic carbocycles. The van der Waals surface area contributed by atoms with Crippen LogP contribution >= 0.6 is 0 Å². The van der Waals surface area contributed by atoms with E-state index in [9.17, 15) is 0 Å². The van der Waals surface area contributed by atoms with E-state index in [2.05, 4.69) is 26.1 Å². The minimum atomic E-state index is 0.135. The molecule has 96 valence electrons. The van der Waals surface area contributed by atoms with Gasteiger partial charge >= 0.3 is 0 Å². The molecule has 0 heterocycles. The highest BCUT2D eigenvalue weighted by molar-refractivity contribution is 5.31. The summed E-state index contributed by atoms with van der Waals surface area (Å²) >= 11 is 0. The summed E-state index contributed by atoms with van der Waals surface area (Å²) in [4.78, 5) is 0. The van der Waals surface area contributed by atoms with E-state index in [1.807, 2.05) is 24.3 Å². The molecule has 3 heteroatoms. The van der Waals surface area contributed by atoms with Gasteiger partial charge in [0, 0.05) is 12.0 Å². The van der Waals surface area contributed by atoms with Crippen molar-refractivity contribution in [3.8, 4) is 11.5 Å². The predicted octanol–water partition coefficient (Wildman–Crippen LogP) is 2.71. The van der Waals surface area contributed by atoms with Crippen LogP contribution in [0.1, 0.15) is 20.8 Å². The minimum Gasteiger partial charge on any atom is -0.497 e. The topological polar surface area (TPSA) is 30.5 Å². The van der Waals surface area contributed by atoms with Crippen molar-refractivity contribution in [3.05, 3.63) is 24.3 Å². The molecule has 0 spiro atoms. The van der Waals surface area contributed by atoms with Gasteiger partial charge in [-0.25, -0.2) is 0 Å². The molecule has 0 amide bonds. The lowest BCUT2D eigenvalue weighted by molar-refractivity contribution is 0.177. The molecule has 0 unspecified atom stereocenters. The van der Waals surface area contributed by atoms with Crippen molar-refractivity contribution in [1.82, 2.24) is 5.32 Å². The van der Waals surface area contributed by atoms with Crippen LogP contribution in [0.5, 0.6) is 11.5 Å². The van der Waals surface area contributed by atoms with E-state index in [1.165, 1.54) is 0 Å². The van der Waals surface area contributed by atoms with E-state index in [0.717, 1.165) is 24.6 Å². The molecule has 0 aromatic heterocycles. The van der Waals surface area contributed by atoms with Crippen LogP contribution in [-0.4, -0.2) is 26.8 Å². The summed E-state index contributed by atoms with van der Waals surface area (Å²) in [6, 6.07) is 7.68. The van der Waals surface area contributed by atoms with Crippen molar-refractivity contribution in [2.45, 2.75) is 20.8 Å². The fourth-order valence-electron chi connectivity index (χ4n) is 1.47. The first-order valence-corrected chi connectivity index (χ1v) is 6.05. The number of rotatable bonds is 7. The molecule has 1 rings (SSSR count). The Morgan fingerprint density at radius 1 is 1.12 bits per heavy atom. The quantitative estimate of drug-likeness (QED) is 0.791. The van der Waals surface area contributed by atoms with Gasteiger partial charge in [-0.15, -0.1) is 0 Å². The number of ether oxygens (including phenoxy) is 2. The first-order valence-electron chi connectivity index (χ1n) is 6.05. The smallest absolute Gasteiger partial charge is 0.119 e. The predicted molar refractivity (Wildman–Crippen MR) is 70.8 cm³/mol. The van der Waals surface area contributed by atoms with Crippen LogP contribution in [0.3, 0.4) is 0 Å². The molecule has 0 fully saturated rings. The van der Waals surface area contributed by atoms with Gasteiger partial charge in [0.05, 0.1) is 13.7 Å². The molecule has 1 aromatic carbocycles. The summed E-state index contributed by atoms with van der Waals surface area (Å²) in [7, 11) is 1.66. The average molecular weight is 237 g/mol. The van der Waals surface area contributed by atoms with Crippen molar-refractivity contribution < 1.29 is 9.47 Å². The minimum absolute atomic E-state index is 0.135. The third-order valence-corrected chi connectivity index (χ3v) is 2.54. The standard InChI is InChI=1S/C14H23NO2/c1-5-15-10-14(2,3)11-17-13-8-6-12(16-4)7-9-13/h6-9,15H,5,10-11H2,1-4H3. The van der Waals surface area contributed by atoms with Gasteiger partial charge in [0.25, 0.3) is 0 Å². The van der Waals surface area contributed by atoms with Gasteiger partial charge in [-0.05, 0) is 30.8 Å². The summed E-state index contributed by atoms with van der Waals surface area (Å²) in [5, 5.41) is 3.34. The zero-order valence-corrected chi connectivity index (χ0v) is 11.2. The van der Waals surface area contributed by atoms with Crippen molar-refractivity contribution in [1.29, 1.82) is 0 Å². The van der Waals surface area contributed by atoms with E-state index in [-0.39, 0.29) is 5.41 Å². The molecule has 0 bridgehead atoms. The van der Waals surface area contributed by atoms with Crippen LogP contribution in [0, 0.1) is 5.41 Å². The number of hydrogen-bond donors (Lipinski definition) is 1. The first-order chi connectivity index (χ1) is 8.07. The Bertz CT molecular complexity index is 319. The lowest BCUT2D eigenvalue weighted by Crippen LogP contribution is -2.34. The summed E-state index contributed by atoms with van der Waals surface area (Å²) in [6.45, 7) is 9.15. The van der Waals surface area contributed by atoms with Crippen LogP contribution < -0.4 is 14.8 Å². The average Bonchev–Trinajstić information content (AvgIpc) is 2.35. The van der Waals surface area contributed by atoms with E-state index in [4.69, 9.17) is 9.47 Å². The van der Waals surface area contributed by atoms with E-state index >= 15 is 0 Å². The highest BCUT2D eigenvalue weighted by Gasteiger charge is 2.18. The third kappa shape index (κ3) is 5.09. The monoisotopic (exact) mass is 237 g/mol. The van der Waals surface area contributed by atoms with Crippen LogP contribution in [0.2, 0.25) is 0 Å². The molecule has 0 aliphatic rings. The van der Waals surface area contributed by atoms with Gasteiger partial charge in [-0.3, -0.25) is 0 Å². The molecular formula is C14H23NO2. The Balaban J connectivity index is 2.43. The SMILES string of the molecule is CCNCC(C)(C)COc1ccc(OC)cc1. The molecule has 3 nitrogen and oxygen atoms in total. The molecular weight excluding hydrogens is 214 g/mol. The fraction of sp³-hybridized carbons (Fsp3) is 0.571. The Morgan fingerprint density at radius 3 is 2.24 bits per heavy atom. The van der Waals surface area contributed by atoms with Crippen molar-refractivity contribution in [2.75, 3.05) is 26.8 Å². The van der Waals surface area contributed by atoms with Gasteiger partial charge < -0.3 is 14.8 Å². The van der Waals surface area contributed by atoms with E-state index < -0.39 is 0 Å². The van der Waals surface area contributed by atoms with Gasteiger partial charge in [-0.2, -0.15) is 0 Å². The van der Waals surface area contributed by atoms with Gasteiger partial charge in [0.1, 0.15) is 11.5 Å². The van der Waals surface area contributed by atoms with E-state index in [0.29, 0.717) is 6.61 Å². The normalized spacial score (nSPS) is 11.3. The maximum absolute atomic E-state index is 5.77. The van der Waals surface area contributed by atoms with Gasteiger partial charge in [0.15, 0.2) is 0 Å². The Kier molecular flexibility index (Phi) is 5.29. The van der Waals surface area contributed by atoms with Crippen LogP contribution in [0.15, 0.2) is 24.3 Å². The zero-order valence-electron chi connectivity index (χ0n) is 11.2. The van der Waals surface area contributed by atoms with Crippen molar-refractivity contribution >= 4 is 0 Å². The van der Waals surface area contributed by atoms with Crippen molar-refractivity contribution in [3.63, 3.8) is 0 Å². The second-order valence-corrected chi connectivity index (χ2v) is 4.91. The molecule has 17 heavy (non-hydrogen) atoms. The lowest BCUT2D eigenvalue weighted by Gasteiger charge is -2.25. The third-order valence-electron chi connectivity index (χ3n) is 2.54. The molecule has 0 aliphatic heterocycles. The summed E-state index contributed by atoms with van der Waals surface area (Å²) in [5.41, 5.74) is 0.135. The molecule has 0 saturated carbocycles. The highest BCUT2D eigenvalue weighted by atomic mass is 16.5. The van der Waals surface area contributed by atoms with Crippen LogP contribution in [0.4, 0.5) is 0 Å².